The summed E-state index contributed by atoms with van der Waals surface area (Å²) in [5.74, 6) is -0.108. The van der Waals surface area contributed by atoms with Gasteiger partial charge in [-0.05, 0) is 49.2 Å². The maximum absolute atomic E-state index is 12.9. The number of amides is 1. The third-order valence-electron chi connectivity index (χ3n) is 5.73. The largest absolute Gasteiger partial charge is 0.345 e. The summed E-state index contributed by atoms with van der Waals surface area (Å²) in [7, 11) is -3.34. The van der Waals surface area contributed by atoms with Crippen LogP contribution in [0.25, 0.3) is 10.2 Å². The molecule has 1 saturated heterocycles. The molecule has 158 valence electrons. The van der Waals surface area contributed by atoms with E-state index < -0.39 is 9.84 Å². The lowest BCUT2D eigenvalue weighted by Crippen LogP contribution is -2.48. The monoisotopic (exact) mass is 443 g/mol. The Morgan fingerprint density at radius 3 is 2.53 bits per heavy atom. The number of thiazole rings is 1. The molecule has 2 aromatic carbocycles. The van der Waals surface area contributed by atoms with Gasteiger partial charge in [-0.2, -0.15) is 0 Å². The van der Waals surface area contributed by atoms with Gasteiger partial charge in [0.1, 0.15) is 0 Å². The van der Waals surface area contributed by atoms with Crippen molar-refractivity contribution in [3.05, 3.63) is 53.1 Å². The van der Waals surface area contributed by atoms with E-state index in [4.69, 9.17) is 4.98 Å². The highest BCUT2D eigenvalue weighted by molar-refractivity contribution is 7.91. The molecule has 2 heterocycles. The van der Waals surface area contributed by atoms with Crippen LogP contribution in [0, 0.1) is 13.8 Å². The van der Waals surface area contributed by atoms with E-state index in [0.717, 1.165) is 10.6 Å². The molecule has 1 fully saturated rings. The molecular weight excluding hydrogens is 418 g/mol. The van der Waals surface area contributed by atoms with Gasteiger partial charge in [0.15, 0.2) is 15.0 Å². The average Bonchev–Trinajstić information content (AvgIpc) is 3.21. The molecule has 0 radical (unpaired) electrons. The second kappa shape index (κ2) is 8.00. The van der Waals surface area contributed by atoms with Crippen molar-refractivity contribution in [1.82, 2.24) is 9.88 Å². The van der Waals surface area contributed by atoms with Crippen molar-refractivity contribution in [1.29, 1.82) is 0 Å². The Morgan fingerprint density at radius 2 is 1.83 bits per heavy atom. The van der Waals surface area contributed by atoms with Crippen molar-refractivity contribution >= 4 is 42.4 Å². The van der Waals surface area contributed by atoms with E-state index in [0.29, 0.717) is 31.7 Å². The number of hydrogen-bond donors (Lipinski definition) is 0. The molecule has 4 rings (SSSR count). The minimum atomic E-state index is -3.34. The molecule has 1 aliphatic heterocycles. The first kappa shape index (κ1) is 20.8. The fourth-order valence-electron chi connectivity index (χ4n) is 3.62. The van der Waals surface area contributed by atoms with Crippen LogP contribution in [0.2, 0.25) is 0 Å². The van der Waals surface area contributed by atoms with Gasteiger partial charge in [-0.1, -0.05) is 30.4 Å². The van der Waals surface area contributed by atoms with Crippen molar-refractivity contribution < 1.29 is 13.2 Å². The Morgan fingerprint density at radius 1 is 1.10 bits per heavy atom. The standard InChI is InChI=1S/C22H25N3O3S2/c1-4-30(27,28)18-7-5-6-17(14-18)21(26)24-10-12-25(13-11-24)22-23-20-16(3)15(2)8-9-19(20)29-22/h5-9,14H,4,10-13H2,1-3H3. The van der Waals surface area contributed by atoms with Crippen LogP contribution in [-0.2, 0) is 9.84 Å². The van der Waals surface area contributed by atoms with Crippen LogP contribution in [0.15, 0.2) is 41.3 Å². The number of aromatic nitrogens is 1. The minimum Gasteiger partial charge on any atom is -0.345 e. The highest BCUT2D eigenvalue weighted by atomic mass is 32.2. The van der Waals surface area contributed by atoms with Gasteiger partial charge < -0.3 is 9.80 Å². The number of rotatable bonds is 4. The van der Waals surface area contributed by atoms with Crippen LogP contribution in [-0.4, -0.2) is 56.1 Å². The number of carbonyl (C=O) groups is 1. The quantitative estimate of drug-likeness (QED) is 0.615. The Bertz CT molecular complexity index is 1210. The number of fused-ring (bicyclic) bond motifs is 1. The van der Waals surface area contributed by atoms with E-state index in [1.165, 1.54) is 21.9 Å². The molecule has 0 saturated carbocycles. The highest BCUT2D eigenvalue weighted by Crippen LogP contribution is 2.32. The molecule has 0 spiro atoms. The lowest BCUT2D eigenvalue weighted by atomic mass is 10.1. The van der Waals surface area contributed by atoms with Gasteiger partial charge in [0.2, 0.25) is 0 Å². The summed E-state index contributed by atoms with van der Waals surface area (Å²) in [4.78, 5) is 22.0. The molecule has 0 unspecified atom stereocenters. The van der Waals surface area contributed by atoms with E-state index in [1.807, 2.05) is 0 Å². The third kappa shape index (κ3) is 3.81. The average molecular weight is 444 g/mol. The van der Waals surface area contributed by atoms with E-state index >= 15 is 0 Å². The number of sulfone groups is 1. The van der Waals surface area contributed by atoms with E-state index in [9.17, 15) is 13.2 Å². The smallest absolute Gasteiger partial charge is 0.254 e. The SMILES string of the molecule is CCS(=O)(=O)c1cccc(C(=O)N2CCN(c3nc4c(C)c(C)ccc4s3)CC2)c1. The van der Waals surface area contributed by atoms with Crippen molar-refractivity contribution in [3.8, 4) is 0 Å². The molecule has 6 nitrogen and oxygen atoms in total. The van der Waals surface area contributed by atoms with Crippen molar-refractivity contribution in [2.75, 3.05) is 36.8 Å². The Labute approximate surface area is 181 Å². The van der Waals surface area contributed by atoms with Gasteiger partial charge in [0.25, 0.3) is 5.91 Å². The van der Waals surface area contributed by atoms with Crippen molar-refractivity contribution in [3.63, 3.8) is 0 Å². The first-order chi connectivity index (χ1) is 14.3. The number of hydrogen-bond acceptors (Lipinski definition) is 6. The van der Waals surface area contributed by atoms with Crippen LogP contribution in [0.5, 0.6) is 0 Å². The zero-order chi connectivity index (χ0) is 21.5. The molecule has 0 atom stereocenters. The highest BCUT2D eigenvalue weighted by Gasteiger charge is 2.25. The van der Waals surface area contributed by atoms with Gasteiger partial charge in [-0.15, -0.1) is 0 Å². The molecular formula is C22H25N3O3S2. The lowest BCUT2D eigenvalue weighted by Gasteiger charge is -2.34. The number of aryl methyl sites for hydroxylation is 2. The van der Waals surface area contributed by atoms with Gasteiger partial charge in [0.05, 0.1) is 20.9 Å². The summed E-state index contributed by atoms with van der Waals surface area (Å²) in [6, 6.07) is 10.6. The van der Waals surface area contributed by atoms with Crippen LogP contribution in [0.1, 0.15) is 28.4 Å². The number of anilines is 1. The molecule has 0 N–H and O–H groups in total. The molecule has 1 aliphatic rings. The van der Waals surface area contributed by atoms with Crippen LogP contribution in [0.4, 0.5) is 5.13 Å². The molecule has 1 aromatic heterocycles. The first-order valence-electron chi connectivity index (χ1n) is 10.0. The Kier molecular flexibility index (Phi) is 5.55. The predicted octanol–water partition coefficient (Wildman–Crippen LogP) is 3.67. The summed E-state index contributed by atoms with van der Waals surface area (Å²) in [6.07, 6.45) is 0. The summed E-state index contributed by atoms with van der Waals surface area (Å²) in [5.41, 5.74) is 3.93. The van der Waals surface area contributed by atoms with E-state index in [1.54, 1.807) is 41.4 Å². The van der Waals surface area contributed by atoms with Gasteiger partial charge >= 0.3 is 0 Å². The topological polar surface area (TPSA) is 70.6 Å². The molecule has 1 amide bonds. The molecule has 0 aliphatic carbocycles. The summed E-state index contributed by atoms with van der Waals surface area (Å²) >= 11 is 1.68. The second-order valence-corrected chi connectivity index (χ2v) is 10.8. The number of benzene rings is 2. The van der Waals surface area contributed by atoms with E-state index in [-0.39, 0.29) is 16.6 Å². The maximum atomic E-state index is 12.9. The van der Waals surface area contributed by atoms with Gasteiger partial charge in [0, 0.05) is 31.7 Å². The molecule has 0 bridgehead atoms. The fourth-order valence-corrected chi connectivity index (χ4v) is 5.62. The van der Waals surface area contributed by atoms with Crippen LogP contribution >= 0.6 is 11.3 Å². The van der Waals surface area contributed by atoms with Crippen molar-refractivity contribution in [2.45, 2.75) is 25.7 Å². The van der Waals surface area contributed by atoms with Gasteiger partial charge in [-0.3, -0.25) is 4.79 Å². The summed E-state index contributed by atoms with van der Waals surface area (Å²) < 4.78 is 25.4. The van der Waals surface area contributed by atoms with E-state index in [2.05, 4.69) is 30.9 Å². The summed E-state index contributed by atoms with van der Waals surface area (Å²) in [6.45, 7) is 8.37. The normalized spacial score (nSPS) is 15.0. The second-order valence-electron chi connectivity index (χ2n) is 7.56. The molecule has 8 heteroatoms. The Hall–Kier alpha value is -2.45. The summed E-state index contributed by atoms with van der Waals surface area (Å²) in [5, 5.41) is 0.988. The first-order valence-corrected chi connectivity index (χ1v) is 12.5. The van der Waals surface area contributed by atoms with Crippen LogP contribution in [0.3, 0.4) is 0 Å². The van der Waals surface area contributed by atoms with Crippen LogP contribution < -0.4 is 4.90 Å². The van der Waals surface area contributed by atoms with Crippen molar-refractivity contribution in [2.24, 2.45) is 0 Å². The number of nitrogens with zero attached hydrogens (tertiary/aromatic N) is 3. The Balaban J connectivity index is 1.48. The maximum Gasteiger partial charge on any atom is 0.254 e. The van der Waals surface area contributed by atoms with Gasteiger partial charge in [-0.25, -0.2) is 13.4 Å². The molecule has 3 aromatic rings. The fraction of sp³-hybridized carbons (Fsp3) is 0.364. The number of piperazine rings is 1. The minimum absolute atomic E-state index is 0.0183. The number of carbonyl (C=O) groups excluding carboxylic acids is 1. The lowest BCUT2D eigenvalue weighted by molar-refractivity contribution is 0.0746. The molecule has 30 heavy (non-hydrogen) atoms. The zero-order valence-electron chi connectivity index (χ0n) is 17.4. The predicted molar refractivity (Wildman–Crippen MR) is 121 cm³/mol. The zero-order valence-corrected chi connectivity index (χ0v) is 19.0. The third-order valence-corrected chi connectivity index (χ3v) is 8.54.